The molecule has 0 aliphatic carbocycles. The van der Waals surface area contributed by atoms with E-state index in [0.29, 0.717) is 0 Å². The summed E-state index contributed by atoms with van der Waals surface area (Å²) < 4.78 is 7.28. The molecule has 16 heavy (non-hydrogen) atoms. The number of aliphatic hydroxyl groups is 1. The summed E-state index contributed by atoms with van der Waals surface area (Å²) in [5.41, 5.74) is 2.32. The third-order valence-corrected chi connectivity index (χ3v) is 3.03. The zero-order valence-electron chi connectivity index (χ0n) is 9.90. The van der Waals surface area contributed by atoms with E-state index in [1.165, 1.54) is 10.9 Å². The quantitative estimate of drug-likeness (QED) is 0.859. The number of benzene rings is 1. The molecule has 0 spiro atoms. The molecule has 0 saturated carbocycles. The van der Waals surface area contributed by atoms with Crippen molar-refractivity contribution in [2.24, 2.45) is 7.05 Å². The SMILES string of the molecule is COc1ccc2c(C(C)CO)cn(C)c2c1. The maximum Gasteiger partial charge on any atom is 0.120 e. The number of aryl methyl sites for hydroxylation is 1. The highest BCUT2D eigenvalue weighted by Crippen LogP contribution is 2.29. The lowest BCUT2D eigenvalue weighted by atomic mass is 10.0. The number of hydrogen-bond acceptors (Lipinski definition) is 2. The predicted molar refractivity (Wildman–Crippen MR) is 65.0 cm³/mol. The van der Waals surface area contributed by atoms with Crippen LogP contribution in [-0.4, -0.2) is 23.4 Å². The fourth-order valence-corrected chi connectivity index (χ4v) is 2.01. The zero-order valence-corrected chi connectivity index (χ0v) is 9.90. The van der Waals surface area contributed by atoms with E-state index in [-0.39, 0.29) is 12.5 Å². The van der Waals surface area contributed by atoms with Crippen molar-refractivity contribution in [2.75, 3.05) is 13.7 Å². The van der Waals surface area contributed by atoms with Crippen molar-refractivity contribution >= 4 is 10.9 Å². The first-order chi connectivity index (χ1) is 7.67. The molecule has 1 N–H and O–H groups in total. The molecule has 3 nitrogen and oxygen atoms in total. The van der Waals surface area contributed by atoms with Crippen molar-refractivity contribution < 1.29 is 9.84 Å². The molecule has 0 radical (unpaired) electrons. The highest BCUT2D eigenvalue weighted by Gasteiger charge is 2.12. The molecule has 0 fully saturated rings. The van der Waals surface area contributed by atoms with Crippen LogP contribution in [0.4, 0.5) is 0 Å². The van der Waals surface area contributed by atoms with Gasteiger partial charge in [0, 0.05) is 37.2 Å². The number of ether oxygens (including phenoxy) is 1. The van der Waals surface area contributed by atoms with Crippen molar-refractivity contribution in [1.82, 2.24) is 4.57 Å². The van der Waals surface area contributed by atoms with Crippen LogP contribution in [0.5, 0.6) is 5.75 Å². The first kappa shape index (κ1) is 11.0. The van der Waals surface area contributed by atoms with E-state index < -0.39 is 0 Å². The molecule has 0 bridgehead atoms. The van der Waals surface area contributed by atoms with E-state index in [1.807, 2.05) is 26.1 Å². The largest absolute Gasteiger partial charge is 0.497 e. The third-order valence-electron chi connectivity index (χ3n) is 3.03. The molecule has 1 heterocycles. The van der Waals surface area contributed by atoms with E-state index in [1.54, 1.807) is 7.11 Å². The van der Waals surface area contributed by atoms with Crippen LogP contribution in [0.1, 0.15) is 18.4 Å². The molecule has 1 aromatic carbocycles. The molecular weight excluding hydrogens is 202 g/mol. The highest BCUT2D eigenvalue weighted by molar-refractivity contribution is 5.85. The topological polar surface area (TPSA) is 34.4 Å². The minimum absolute atomic E-state index is 0.164. The second kappa shape index (κ2) is 4.18. The summed E-state index contributed by atoms with van der Waals surface area (Å²) in [6.07, 6.45) is 2.07. The molecule has 0 aliphatic heterocycles. The Morgan fingerprint density at radius 1 is 1.44 bits per heavy atom. The molecule has 0 amide bonds. The van der Waals surface area contributed by atoms with Gasteiger partial charge >= 0.3 is 0 Å². The van der Waals surface area contributed by atoms with Crippen molar-refractivity contribution in [3.05, 3.63) is 30.0 Å². The number of fused-ring (bicyclic) bond motifs is 1. The molecule has 86 valence electrons. The Labute approximate surface area is 95.3 Å². The Balaban J connectivity index is 2.62. The number of aromatic nitrogens is 1. The zero-order chi connectivity index (χ0) is 11.7. The van der Waals surface area contributed by atoms with Gasteiger partial charge in [-0.3, -0.25) is 0 Å². The Hall–Kier alpha value is -1.48. The van der Waals surface area contributed by atoms with Crippen LogP contribution in [0.2, 0.25) is 0 Å². The molecule has 2 rings (SSSR count). The molecule has 0 aliphatic rings. The number of nitrogens with zero attached hydrogens (tertiary/aromatic N) is 1. The fraction of sp³-hybridized carbons (Fsp3) is 0.385. The lowest BCUT2D eigenvalue weighted by Gasteiger charge is -2.06. The van der Waals surface area contributed by atoms with Gasteiger partial charge in [0.25, 0.3) is 0 Å². The van der Waals surface area contributed by atoms with Gasteiger partial charge in [0.05, 0.1) is 12.6 Å². The van der Waals surface area contributed by atoms with Gasteiger partial charge in [-0.1, -0.05) is 6.92 Å². The maximum absolute atomic E-state index is 9.22. The van der Waals surface area contributed by atoms with Gasteiger partial charge in [-0.25, -0.2) is 0 Å². The first-order valence-corrected chi connectivity index (χ1v) is 5.41. The molecule has 1 unspecified atom stereocenters. The lowest BCUT2D eigenvalue weighted by Crippen LogP contribution is -1.97. The van der Waals surface area contributed by atoms with Crippen LogP contribution >= 0.6 is 0 Å². The summed E-state index contributed by atoms with van der Waals surface area (Å²) in [6.45, 7) is 2.20. The summed E-state index contributed by atoms with van der Waals surface area (Å²) in [4.78, 5) is 0. The van der Waals surface area contributed by atoms with E-state index in [0.717, 1.165) is 11.3 Å². The van der Waals surface area contributed by atoms with Crippen LogP contribution in [0, 0.1) is 0 Å². The third kappa shape index (κ3) is 1.67. The summed E-state index contributed by atoms with van der Waals surface area (Å²) in [7, 11) is 3.68. The monoisotopic (exact) mass is 219 g/mol. The Morgan fingerprint density at radius 2 is 2.19 bits per heavy atom. The second-order valence-electron chi connectivity index (χ2n) is 4.16. The van der Waals surface area contributed by atoms with Gasteiger partial charge < -0.3 is 14.4 Å². The second-order valence-corrected chi connectivity index (χ2v) is 4.16. The van der Waals surface area contributed by atoms with Crippen LogP contribution in [0.15, 0.2) is 24.4 Å². The molecule has 1 atom stereocenters. The number of hydrogen-bond donors (Lipinski definition) is 1. The van der Waals surface area contributed by atoms with Crippen molar-refractivity contribution in [3.8, 4) is 5.75 Å². The van der Waals surface area contributed by atoms with E-state index in [9.17, 15) is 5.11 Å². The van der Waals surface area contributed by atoms with Crippen molar-refractivity contribution in [2.45, 2.75) is 12.8 Å². The predicted octanol–water partition coefficient (Wildman–Crippen LogP) is 2.28. The summed E-state index contributed by atoms with van der Waals surface area (Å²) in [5.74, 6) is 1.02. The van der Waals surface area contributed by atoms with Gasteiger partial charge in [0.1, 0.15) is 5.75 Å². The average Bonchev–Trinajstić information content (AvgIpc) is 2.65. The van der Waals surface area contributed by atoms with Gasteiger partial charge in [0.2, 0.25) is 0 Å². The van der Waals surface area contributed by atoms with Crippen molar-refractivity contribution in [1.29, 1.82) is 0 Å². The van der Waals surface area contributed by atoms with E-state index >= 15 is 0 Å². The molecule has 2 aromatic rings. The van der Waals surface area contributed by atoms with Crippen LogP contribution in [0.25, 0.3) is 10.9 Å². The minimum Gasteiger partial charge on any atom is -0.497 e. The van der Waals surface area contributed by atoms with E-state index in [2.05, 4.69) is 16.8 Å². The minimum atomic E-state index is 0.164. The van der Waals surface area contributed by atoms with E-state index in [4.69, 9.17) is 4.74 Å². The van der Waals surface area contributed by atoms with Crippen LogP contribution in [0.3, 0.4) is 0 Å². The molecule has 3 heteroatoms. The normalized spacial score (nSPS) is 13.0. The fourth-order valence-electron chi connectivity index (χ4n) is 2.01. The summed E-state index contributed by atoms with van der Waals surface area (Å²) in [5, 5.41) is 10.4. The first-order valence-electron chi connectivity index (χ1n) is 5.41. The average molecular weight is 219 g/mol. The Bertz CT molecular complexity index is 502. The molecular formula is C13H17NO2. The smallest absolute Gasteiger partial charge is 0.120 e. The number of methoxy groups -OCH3 is 1. The number of rotatable bonds is 3. The van der Waals surface area contributed by atoms with Crippen LogP contribution in [-0.2, 0) is 7.05 Å². The molecule has 0 saturated heterocycles. The lowest BCUT2D eigenvalue weighted by molar-refractivity contribution is 0.273. The molecule has 1 aromatic heterocycles. The van der Waals surface area contributed by atoms with Crippen molar-refractivity contribution in [3.63, 3.8) is 0 Å². The van der Waals surface area contributed by atoms with Gasteiger partial charge in [-0.05, 0) is 17.7 Å². The van der Waals surface area contributed by atoms with Crippen LogP contribution < -0.4 is 4.74 Å². The maximum atomic E-state index is 9.22. The standard InChI is InChI=1S/C13H17NO2/c1-9(8-15)12-7-14(2)13-6-10(16-3)4-5-11(12)13/h4-7,9,15H,8H2,1-3H3. The van der Waals surface area contributed by atoms with Gasteiger partial charge in [0.15, 0.2) is 0 Å². The van der Waals surface area contributed by atoms with Gasteiger partial charge in [-0.2, -0.15) is 0 Å². The summed E-state index contributed by atoms with van der Waals surface area (Å²) in [6, 6.07) is 6.02. The Morgan fingerprint density at radius 3 is 2.81 bits per heavy atom. The highest BCUT2D eigenvalue weighted by atomic mass is 16.5. The van der Waals surface area contributed by atoms with Gasteiger partial charge in [-0.15, -0.1) is 0 Å². The summed E-state index contributed by atoms with van der Waals surface area (Å²) >= 11 is 0. The number of aliphatic hydroxyl groups excluding tert-OH is 1. The Kier molecular flexibility index (Phi) is 2.88.